The van der Waals surface area contributed by atoms with Gasteiger partial charge in [0.15, 0.2) is 0 Å². The zero-order valence-electron chi connectivity index (χ0n) is 12.6. The Labute approximate surface area is 131 Å². The number of carbonyl (C=O) groups excluding carboxylic acids is 1. The molecule has 0 bridgehead atoms. The smallest absolute Gasteiger partial charge is 0.258 e. The number of anilines is 1. The number of carbonyl (C=O) groups is 1. The lowest BCUT2D eigenvalue weighted by molar-refractivity contribution is 0.0987. The lowest BCUT2D eigenvalue weighted by Gasteiger charge is -2.23. The van der Waals surface area contributed by atoms with Crippen molar-refractivity contribution in [3.63, 3.8) is 0 Å². The van der Waals surface area contributed by atoms with Crippen LogP contribution in [0.4, 0.5) is 5.69 Å². The maximum atomic E-state index is 13.0. The predicted molar refractivity (Wildman–Crippen MR) is 88.0 cm³/mol. The number of nitrogens with one attached hydrogen (secondary N) is 1. The topological polar surface area (TPSA) is 32.3 Å². The fourth-order valence-electron chi connectivity index (χ4n) is 3.49. The van der Waals surface area contributed by atoms with E-state index >= 15 is 0 Å². The highest BCUT2D eigenvalue weighted by atomic mass is 16.2. The minimum Gasteiger partial charge on any atom is -0.309 e. The summed E-state index contributed by atoms with van der Waals surface area (Å²) < 4.78 is 0. The Balaban J connectivity index is 1.70. The van der Waals surface area contributed by atoms with E-state index in [0.717, 1.165) is 50.1 Å². The molecule has 0 unspecified atom stereocenters. The second-order valence-electron chi connectivity index (χ2n) is 6.13. The second kappa shape index (κ2) is 5.58. The van der Waals surface area contributed by atoms with Crippen molar-refractivity contribution in [2.45, 2.75) is 32.4 Å². The molecule has 1 amide bonds. The largest absolute Gasteiger partial charge is 0.309 e. The monoisotopic (exact) mass is 292 g/mol. The molecule has 112 valence electrons. The van der Waals surface area contributed by atoms with Gasteiger partial charge in [0.25, 0.3) is 5.91 Å². The summed E-state index contributed by atoms with van der Waals surface area (Å²) >= 11 is 0. The van der Waals surface area contributed by atoms with Gasteiger partial charge in [-0.05, 0) is 54.2 Å². The lowest BCUT2D eigenvalue weighted by atomic mass is 10.0. The van der Waals surface area contributed by atoms with Gasteiger partial charge in [-0.1, -0.05) is 24.3 Å². The molecular weight excluding hydrogens is 272 g/mol. The Morgan fingerprint density at radius 3 is 2.77 bits per heavy atom. The van der Waals surface area contributed by atoms with Gasteiger partial charge in [-0.2, -0.15) is 0 Å². The average molecular weight is 292 g/mol. The van der Waals surface area contributed by atoms with Crippen molar-refractivity contribution < 1.29 is 4.79 Å². The molecule has 0 saturated heterocycles. The van der Waals surface area contributed by atoms with Crippen LogP contribution in [-0.2, 0) is 19.5 Å². The van der Waals surface area contributed by atoms with Crippen LogP contribution in [0.1, 0.15) is 39.9 Å². The number of nitrogens with zero attached hydrogens (tertiary/aromatic N) is 1. The van der Waals surface area contributed by atoms with Gasteiger partial charge in [-0.25, -0.2) is 0 Å². The van der Waals surface area contributed by atoms with E-state index in [-0.39, 0.29) is 5.91 Å². The van der Waals surface area contributed by atoms with E-state index < -0.39 is 0 Å². The van der Waals surface area contributed by atoms with Crippen LogP contribution in [0.25, 0.3) is 0 Å². The van der Waals surface area contributed by atoms with Crippen LogP contribution in [0, 0.1) is 0 Å². The third kappa shape index (κ3) is 2.32. The molecular formula is C19H20N2O. The van der Waals surface area contributed by atoms with Gasteiger partial charge in [0, 0.05) is 30.9 Å². The van der Waals surface area contributed by atoms with Crippen LogP contribution in [0.15, 0.2) is 42.5 Å². The van der Waals surface area contributed by atoms with Crippen LogP contribution in [0.3, 0.4) is 0 Å². The Morgan fingerprint density at radius 1 is 0.955 bits per heavy atom. The first-order valence-corrected chi connectivity index (χ1v) is 8.05. The Kier molecular flexibility index (Phi) is 3.43. The number of hydrogen-bond acceptors (Lipinski definition) is 2. The highest BCUT2D eigenvalue weighted by Gasteiger charge is 2.23. The van der Waals surface area contributed by atoms with Crippen LogP contribution >= 0.6 is 0 Å². The molecule has 3 heteroatoms. The minimum absolute atomic E-state index is 0.129. The van der Waals surface area contributed by atoms with E-state index in [2.05, 4.69) is 35.6 Å². The van der Waals surface area contributed by atoms with E-state index in [1.807, 2.05) is 17.0 Å². The molecule has 0 saturated carbocycles. The van der Waals surface area contributed by atoms with Crippen molar-refractivity contribution in [2.75, 3.05) is 11.4 Å². The number of hydrogen-bond donors (Lipinski definition) is 1. The minimum atomic E-state index is 0.129. The highest BCUT2D eigenvalue weighted by Crippen LogP contribution is 2.28. The van der Waals surface area contributed by atoms with Crippen LogP contribution in [0.2, 0.25) is 0 Å². The number of amides is 1. The van der Waals surface area contributed by atoms with Crippen molar-refractivity contribution >= 4 is 11.6 Å². The number of para-hydroxylation sites is 1. The molecule has 3 nitrogen and oxygen atoms in total. The quantitative estimate of drug-likeness (QED) is 0.875. The molecule has 22 heavy (non-hydrogen) atoms. The summed E-state index contributed by atoms with van der Waals surface area (Å²) in [6.45, 7) is 2.59. The fraction of sp³-hybridized carbons (Fsp3) is 0.316. The molecule has 2 heterocycles. The summed E-state index contributed by atoms with van der Waals surface area (Å²) in [6.07, 6.45) is 3.27. The van der Waals surface area contributed by atoms with Gasteiger partial charge in [0.05, 0.1) is 0 Å². The lowest BCUT2D eigenvalue weighted by Crippen LogP contribution is -2.31. The van der Waals surface area contributed by atoms with Gasteiger partial charge < -0.3 is 10.2 Å². The van der Waals surface area contributed by atoms with E-state index in [9.17, 15) is 4.79 Å². The SMILES string of the molecule is O=C(c1ccc2c(c1)CNC2)N1CCCCc2ccccc21. The molecule has 0 fully saturated rings. The van der Waals surface area contributed by atoms with Crippen molar-refractivity contribution in [1.82, 2.24) is 5.32 Å². The van der Waals surface area contributed by atoms with Gasteiger partial charge in [-0.3, -0.25) is 4.79 Å². The van der Waals surface area contributed by atoms with Crippen LogP contribution in [0.5, 0.6) is 0 Å². The van der Waals surface area contributed by atoms with Crippen molar-refractivity contribution in [1.29, 1.82) is 0 Å². The first-order chi connectivity index (χ1) is 10.8. The maximum absolute atomic E-state index is 13.0. The first-order valence-electron chi connectivity index (χ1n) is 8.05. The molecule has 2 aromatic rings. The summed E-state index contributed by atoms with van der Waals surface area (Å²) in [5.41, 5.74) is 5.75. The Bertz CT molecular complexity index is 723. The van der Waals surface area contributed by atoms with Crippen molar-refractivity contribution in [3.05, 3.63) is 64.7 Å². The number of aryl methyl sites for hydroxylation is 1. The van der Waals surface area contributed by atoms with Gasteiger partial charge >= 0.3 is 0 Å². The molecule has 0 atom stereocenters. The number of benzene rings is 2. The van der Waals surface area contributed by atoms with Gasteiger partial charge in [0.2, 0.25) is 0 Å². The molecule has 0 aromatic heterocycles. The second-order valence-corrected chi connectivity index (χ2v) is 6.13. The van der Waals surface area contributed by atoms with Gasteiger partial charge in [-0.15, -0.1) is 0 Å². The molecule has 1 N–H and O–H groups in total. The zero-order valence-corrected chi connectivity index (χ0v) is 12.6. The molecule has 2 aliphatic rings. The van der Waals surface area contributed by atoms with E-state index in [4.69, 9.17) is 0 Å². The summed E-state index contributed by atoms with van der Waals surface area (Å²) in [7, 11) is 0. The third-order valence-corrected chi connectivity index (χ3v) is 4.69. The Morgan fingerprint density at radius 2 is 1.82 bits per heavy atom. The van der Waals surface area contributed by atoms with E-state index in [1.165, 1.54) is 16.7 Å². The van der Waals surface area contributed by atoms with Crippen LogP contribution in [-0.4, -0.2) is 12.5 Å². The summed E-state index contributed by atoms with van der Waals surface area (Å²) in [5.74, 6) is 0.129. The highest BCUT2D eigenvalue weighted by molar-refractivity contribution is 6.06. The number of fused-ring (bicyclic) bond motifs is 2. The molecule has 4 rings (SSSR count). The van der Waals surface area contributed by atoms with Gasteiger partial charge in [0.1, 0.15) is 0 Å². The van der Waals surface area contributed by atoms with Crippen molar-refractivity contribution in [2.24, 2.45) is 0 Å². The maximum Gasteiger partial charge on any atom is 0.258 e. The number of rotatable bonds is 1. The molecule has 0 aliphatic carbocycles. The average Bonchev–Trinajstić information content (AvgIpc) is 2.92. The summed E-state index contributed by atoms with van der Waals surface area (Å²) in [4.78, 5) is 15.0. The Hall–Kier alpha value is -2.13. The van der Waals surface area contributed by atoms with E-state index in [1.54, 1.807) is 0 Å². The summed E-state index contributed by atoms with van der Waals surface area (Å²) in [5, 5.41) is 3.33. The zero-order chi connectivity index (χ0) is 14.9. The molecule has 0 spiro atoms. The fourth-order valence-corrected chi connectivity index (χ4v) is 3.49. The van der Waals surface area contributed by atoms with Crippen LogP contribution < -0.4 is 10.2 Å². The van der Waals surface area contributed by atoms with E-state index in [0.29, 0.717) is 0 Å². The molecule has 2 aliphatic heterocycles. The summed E-state index contributed by atoms with van der Waals surface area (Å²) in [6, 6.07) is 14.4. The molecule has 2 aromatic carbocycles. The standard InChI is InChI=1S/C19H20N2O/c22-19(15-8-9-16-12-20-13-17(16)11-15)21-10-4-3-6-14-5-1-2-7-18(14)21/h1-2,5,7-9,11,20H,3-4,6,10,12-13H2. The van der Waals surface area contributed by atoms with Crippen molar-refractivity contribution in [3.8, 4) is 0 Å². The molecule has 0 radical (unpaired) electrons. The normalized spacial score (nSPS) is 16.8. The first kappa shape index (κ1) is 13.5. The third-order valence-electron chi connectivity index (χ3n) is 4.69. The predicted octanol–water partition coefficient (Wildman–Crippen LogP) is 3.27.